The van der Waals surface area contributed by atoms with Crippen LogP contribution < -0.4 is 10.6 Å². The predicted octanol–water partition coefficient (Wildman–Crippen LogP) is 8.27. The van der Waals surface area contributed by atoms with Gasteiger partial charge in [0.2, 0.25) is 0 Å². The molecule has 0 radical (unpaired) electrons. The van der Waals surface area contributed by atoms with Gasteiger partial charge in [0.1, 0.15) is 12.2 Å². The van der Waals surface area contributed by atoms with Crippen molar-refractivity contribution in [3.63, 3.8) is 0 Å². The van der Waals surface area contributed by atoms with E-state index < -0.39 is 12.7 Å². The Morgan fingerprint density at radius 1 is 1.05 bits per heavy atom. The molecule has 9 heteroatoms. The van der Waals surface area contributed by atoms with Crippen LogP contribution in [-0.4, -0.2) is 33.9 Å². The number of anilines is 2. The maximum atomic E-state index is 12.8. The summed E-state index contributed by atoms with van der Waals surface area (Å²) in [4.78, 5) is 4.83. The molecular weight excluding hydrogens is 479 g/mol. The Balaban J connectivity index is 0.00000186. The quantitative estimate of drug-likeness (QED) is 0.341. The molecule has 2 unspecified atom stereocenters. The summed E-state index contributed by atoms with van der Waals surface area (Å²) < 4.78 is 44.3. The van der Waals surface area contributed by atoms with E-state index in [4.69, 9.17) is 9.40 Å². The van der Waals surface area contributed by atoms with E-state index in [1.54, 1.807) is 12.1 Å². The van der Waals surface area contributed by atoms with Gasteiger partial charge in [-0.25, -0.2) is 4.98 Å². The minimum Gasteiger partial charge on any atom is -0.402 e. The fourth-order valence-corrected chi connectivity index (χ4v) is 4.83. The van der Waals surface area contributed by atoms with Crippen LogP contribution in [-0.2, 0) is 5.41 Å². The second-order valence-electron chi connectivity index (χ2n) is 10.7. The highest BCUT2D eigenvalue weighted by atomic mass is 19.4. The number of hydrogen-bond acceptors (Lipinski definition) is 6. The van der Waals surface area contributed by atoms with Gasteiger partial charge >= 0.3 is 12.2 Å². The molecule has 0 aliphatic heterocycles. The number of pyridine rings is 1. The van der Waals surface area contributed by atoms with E-state index in [9.17, 15) is 13.2 Å². The van der Waals surface area contributed by atoms with E-state index in [-0.39, 0.29) is 5.41 Å². The third-order valence-corrected chi connectivity index (χ3v) is 6.75. The summed E-state index contributed by atoms with van der Waals surface area (Å²) in [5.74, 6) is 1.04. The van der Waals surface area contributed by atoms with Gasteiger partial charge in [0.15, 0.2) is 0 Å². The summed E-state index contributed by atoms with van der Waals surface area (Å²) in [6.45, 7) is 13.1. The summed E-state index contributed by atoms with van der Waals surface area (Å²) in [6.07, 6.45) is 1.53. The zero-order valence-electron chi connectivity index (χ0n) is 23.0. The molecule has 1 aromatic carbocycles. The molecule has 2 aromatic heterocycles. The van der Waals surface area contributed by atoms with Crippen LogP contribution in [0.4, 0.5) is 24.9 Å². The van der Waals surface area contributed by atoms with Crippen LogP contribution in [0.1, 0.15) is 84.8 Å². The van der Waals surface area contributed by atoms with E-state index >= 15 is 0 Å². The number of aromatic nitrogens is 3. The third-order valence-electron chi connectivity index (χ3n) is 6.75. The first-order valence-corrected chi connectivity index (χ1v) is 13.3. The van der Waals surface area contributed by atoms with E-state index in [2.05, 4.69) is 27.8 Å². The smallest absolute Gasteiger partial charge is 0.402 e. The highest BCUT2D eigenvalue weighted by molar-refractivity contribution is 5.90. The van der Waals surface area contributed by atoms with Crippen molar-refractivity contribution in [3.05, 3.63) is 29.3 Å². The second kappa shape index (κ2) is 11.7. The minimum absolute atomic E-state index is 0.319. The van der Waals surface area contributed by atoms with Gasteiger partial charge in [-0.2, -0.15) is 13.2 Å². The van der Waals surface area contributed by atoms with Gasteiger partial charge in [-0.3, -0.25) is 0 Å². The standard InChI is InChI=1S/C26H34F3N5O.C2H6/c1-6-16-8-7-9-17(11-16)31-24-34-33-23(35-24)21-10-15(2)19-12-18(30-14-26(27,28)29)13-20(22(19)32-21)25(3,4)5;1-2/h10,12-13,16-17,30H,6-9,11,14H2,1-5H3,(H,31,34);1-2H3. The number of rotatable bonds is 6. The molecule has 4 rings (SSSR count). The normalized spacial score (nSPS) is 18.3. The molecule has 2 heterocycles. The second-order valence-corrected chi connectivity index (χ2v) is 10.7. The molecule has 37 heavy (non-hydrogen) atoms. The molecule has 0 amide bonds. The number of hydrogen-bond donors (Lipinski definition) is 2. The Labute approximate surface area is 217 Å². The zero-order chi connectivity index (χ0) is 27.4. The van der Waals surface area contributed by atoms with Gasteiger partial charge in [0.25, 0.3) is 5.89 Å². The number of fused-ring (bicyclic) bond motifs is 1. The van der Waals surface area contributed by atoms with Crippen molar-refractivity contribution in [2.24, 2.45) is 5.92 Å². The fraction of sp³-hybridized carbons (Fsp3) is 0.607. The Morgan fingerprint density at radius 2 is 1.78 bits per heavy atom. The van der Waals surface area contributed by atoms with Crippen LogP contribution in [0.15, 0.2) is 22.6 Å². The van der Waals surface area contributed by atoms with Crippen molar-refractivity contribution in [3.8, 4) is 11.6 Å². The molecule has 204 valence electrons. The van der Waals surface area contributed by atoms with Gasteiger partial charge in [-0.1, -0.05) is 65.9 Å². The summed E-state index contributed by atoms with van der Waals surface area (Å²) in [7, 11) is 0. The number of nitrogens with zero attached hydrogens (tertiary/aromatic N) is 3. The van der Waals surface area contributed by atoms with Crippen molar-refractivity contribution in [2.75, 3.05) is 17.2 Å². The van der Waals surface area contributed by atoms with Crippen molar-refractivity contribution in [2.45, 2.75) is 98.2 Å². The molecule has 1 aliphatic carbocycles. The maximum absolute atomic E-state index is 12.8. The van der Waals surface area contributed by atoms with Crippen LogP contribution in [0.3, 0.4) is 0 Å². The highest BCUT2D eigenvalue weighted by Gasteiger charge is 2.28. The summed E-state index contributed by atoms with van der Waals surface area (Å²) >= 11 is 0. The molecule has 1 fully saturated rings. The average molecular weight is 520 g/mol. The van der Waals surface area contributed by atoms with Crippen LogP contribution in [0.5, 0.6) is 0 Å². The van der Waals surface area contributed by atoms with Crippen molar-refractivity contribution < 1.29 is 17.6 Å². The third kappa shape index (κ3) is 7.36. The topological polar surface area (TPSA) is 75.9 Å². The van der Waals surface area contributed by atoms with Gasteiger partial charge < -0.3 is 15.1 Å². The minimum atomic E-state index is -4.30. The average Bonchev–Trinajstić information content (AvgIpc) is 3.31. The van der Waals surface area contributed by atoms with E-state index in [1.807, 2.05) is 47.6 Å². The van der Waals surface area contributed by atoms with Crippen molar-refractivity contribution in [1.82, 2.24) is 15.2 Å². The van der Waals surface area contributed by atoms with Crippen LogP contribution in [0.25, 0.3) is 22.5 Å². The van der Waals surface area contributed by atoms with Gasteiger partial charge in [-0.05, 0) is 60.4 Å². The molecule has 2 N–H and O–H groups in total. The Morgan fingerprint density at radius 3 is 2.43 bits per heavy atom. The predicted molar refractivity (Wildman–Crippen MR) is 144 cm³/mol. The number of halogens is 3. The van der Waals surface area contributed by atoms with Crippen molar-refractivity contribution in [1.29, 1.82) is 0 Å². The molecule has 1 saturated carbocycles. The van der Waals surface area contributed by atoms with Gasteiger partial charge in [0.05, 0.1) is 5.52 Å². The highest BCUT2D eigenvalue weighted by Crippen LogP contribution is 2.36. The molecule has 0 bridgehead atoms. The lowest BCUT2D eigenvalue weighted by Gasteiger charge is -2.28. The van der Waals surface area contributed by atoms with Crippen LogP contribution in [0, 0.1) is 12.8 Å². The lowest BCUT2D eigenvalue weighted by molar-refractivity contribution is -0.115. The Kier molecular flexibility index (Phi) is 9.08. The molecule has 1 aliphatic rings. The molecular formula is C28H40F3N5O. The summed E-state index contributed by atoms with van der Waals surface area (Å²) in [5.41, 5.74) is 3.06. The number of alkyl halides is 3. The first-order chi connectivity index (χ1) is 17.4. The molecule has 2 atom stereocenters. The van der Waals surface area contributed by atoms with Gasteiger partial charge in [0, 0.05) is 17.1 Å². The maximum Gasteiger partial charge on any atom is 0.405 e. The number of nitrogens with one attached hydrogen (secondary N) is 2. The van der Waals surface area contributed by atoms with E-state index in [1.165, 1.54) is 19.3 Å². The summed E-state index contributed by atoms with van der Waals surface area (Å²) in [6, 6.07) is 6.02. The Bertz CT molecular complexity index is 1180. The van der Waals surface area contributed by atoms with Crippen molar-refractivity contribution >= 4 is 22.6 Å². The zero-order valence-corrected chi connectivity index (χ0v) is 23.0. The fourth-order valence-electron chi connectivity index (χ4n) is 4.83. The largest absolute Gasteiger partial charge is 0.405 e. The molecule has 0 spiro atoms. The lowest BCUT2D eigenvalue weighted by atomic mass is 9.84. The monoisotopic (exact) mass is 519 g/mol. The van der Waals surface area contributed by atoms with E-state index in [0.717, 1.165) is 40.8 Å². The van der Waals surface area contributed by atoms with Crippen LogP contribution >= 0.6 is 0 Å². The Hall–Kier alpha value is -2.84. The summed E-state index contributed by atoms with van der Waals surface area (Å²) in [5, 5.41) is 15.1. The van der Waals surface area contributed by atoms with Gasteiger partial charge in [-0.15, -0.1) is 5.10 Å². The first-order valence-electron chi connectivity index (χ1n) is 13.3. The van der Waals surface area contributed by atoms with E-state index in [0.29, 0.717) is 29.3 Å². The number of benzene rings is 1. The molecule has 3 aromatic rings. The SMILES string of the molecule is CC.CCC1CCCC(Nc2nnc(-c3cc(C)c4cc(NCC(F)(F)F)cc(C(C)(C)C)c4n3)o2)C1. The van der Waals surface area contributed by atoms with Crippen LogP contribution in [0.2, 0.25) is 0 Å². The molecule has 6 nitrogen and oxygen atoms in total. The lowest BCUT2D eigenvalue weighted by Crippen LogP contribution is -2.27. The first kappa shape index (κ1) is 28.7. The number of aryl methyl sites for hydroxylation is 1. The molecule has 0 saturated heterocycles.